The van der Waals surface area contributed by atoms with E-state index in [4.69, 9.17) is 11.6 Å². The molecule has 0 spiro atoms. The highest BCUT2D eigenvalue weighted by atomic mass is 35.5. The van der Waals surface area contributed by atoms with Crippen molar-refractivity contribution >= 4 is 23.2 Å². The van der Waals surface area contributed by atoms with E-state index in [1.54, 1.807) is 12.1 Å². The minimum absolute atomic E-state index is 0. The molecule has 1 amide bonds. The van der Waals surface area contributed by atoms with Crippen molar-refractivity contribution in [3.8, 4) is 0 Å². The van der Waals surface area contributed by atoms with Gasteiger partial charge in [0.15, 0.2) is 0 Å². The normalized spacial score (nSPS) is 15.8. The third kappa shape index (κ3) is 4.84. The molecule has 1 fully saturated rings. The van der Waals surface area contributed by atoms with E-state index in [0.717, 1.165) is 18.8 Å². The predicted octanol–water partition coefficient (Wildman–Crippen LogP) is -0.232. The van der Waals surface area contributed by atoms with Gasteiger partial charge in [-0.25, -0.2) is 0 Å². The Labute approximate surface area is 119 Å². The van der Waals surface area contributed by atoms with Crippen LogP contribution < -0.4 is 17.7 Å². The second-order valence-electron chi connectivity index (χ2n) is 4.40. The minimum atomic E-state index is 0. The maximum atomic E-state index is 11.8. The van der Waals surface area contributed by atoms with Crippen molar-refractivity contribution in [3.63, 3.8) is 0 Å². The fourth-order valence-electron chi connectivity index (χ4n) is 2.09. The SMILES string of the molecule is O=C(CN1CCCCC1)Nc1cccc(Cl)c1.[Cl-]. The van der Waals surface area contributed by atoms with Crippen LogP contribution in [0.2, 0.25) is 5.02 Å². The first-order valence-electron chi connectivity index (χ1n) is 6.02. The average Bonchev–Trinajstić information content (AvgIpc) is 2.30. The number of hydrogen-bond acceptors (Lipinski definition) is 2. The van der Waals surface area contributed by atoms with E-state index in [1.807, 2.05) is 12.1 Å². The van der Waals surface area contributed by atoms with Crippen LogP contribution in [-0.4, -0.2) is 30.4 Å². The molecule has 0 radical (unpaired) electrons. The fourth-order valence-corrected chi connectivity index (χ4v) is 2.28. The van der Waals surface area contributed by atoms with Gasteiger partial charge < -0.3 is 17.7 Å². The summed E-state index contributed by atoms with van der Waals surface area (Å²) in [6.45, 7) is 2.54. The molecule has 0 unspecified atom stereocenters. The van der Waals surface area contributed by atoms with Gasteiger partial charge >= 0.3 is 0 Å². The van der Waals surface area contributed by atoms with E-state index < -0.39 is 0 Å². The Bertz CT molecular complexity index is 392. The topological polar surface area (TPSA) is 32.3 Å². The molecule has 1 aromatic rings. The Hall–Kier alpha value is -0.770. The van der Waals surface area contributed by atoms with E-state index in [-0.39, 0.29) is 18.3 Å². The molecule has 18 heavy (non-hydrogen) atoms. The van der Waals surface area contributed by atoms with Gasteiger partial charge in [0.05, 0.1) is 6.54 Å². The first-order chi connectivity index (χ1) is 8.24. The van der Waals surface area contributed by atoms with Crippen molar-refractivity contribution in [2.45, 2.75) is 19.3 Å². The van der Waals surface area contributed by atoms with Crippen molar-refractivity contribution in [1.29, 1.82) is 0 Å². The summed E-state index contributed by atoms with van der Waals surface area (Å²) in [5.74, 6) is 0.0363. The van der Waals surface area contributed by atoms with Crippen LogP contribution in [0.4, 0.5) is 5.69 Å². The van der Waals surface area contributed by atoms with Crippen LogP contribution in [0, 0.1) is 0 Å². The molecule has 1 aliphatic heterocycles. The minimum Gasteiger partial charge on any atom is -1.00 e. The Kier molecular flexibility index (Phi) is 6.47. The number of carbonyl (C=O) groups is 1. The number of amides is 1. The first-order valence-corrected chi connectivity index (χ1v) is 6.39. The monoisotopic (exact) mass is 287 g/mol. The molecule has 0 aromatic heterocycles. The molecule has 1 aromatic carbocycles. The van der Waals surface area contributed by atoms with E-state index in [2.05, 4.69) is 10.2 Å². The quantitative estimate of drug-likeness (QED) is 0.833. The lowest BCUT2D eigenvalue weighted by Crippen LogP contribution is -3.00. The fraction of sp³-hybridized carbons (Fsp3) is 0.462. The number of hydrogen-bond donors (Lipinski definition) is 1. The van der Waals surface area contributed by atoms with Crippen molar-refractivity contribution in [1.82, 2.24) is 4.90 Å². The van der Waals surface area contributed by atoms with E-state index >= 15 is 0 Å². The molecule has 100 valence electrons. The van der Waals surface area contributed by atoms with Crippen LogP contribution >= 0.6 is 11.6 Å². The Morgan fingerprint density at radius 1 is 1.28 bits per heavy atom. The number of anilines is 1. The smallest absolute Gasteiger partial charge is 0.238 e. The molecular weight excluding hydrogens is 271 g/mol. The zero-order valence-electron chi connectivity index (χ0n) is 10.2. The van der Waals surface area contributed by atoms with E-state index in [0.29, 0.717) is 11.6 Å². The lowest BCUT2D eigenvalue weighted by molar-refractivity contribution is -0.117. The van der Waals surface area contributed by atoms with Crippen LogP contribution in [0.15, 0.2) is 24.3 Å². The Morgan fingerprint density at radius 2 is 2.00 bits per heavy atom. The summed E-state index contributed by atoms with van der Waals surface area (Å²) in [6.07, 6.45) is 3.68. The third-order valence-corrected chi connectivity index (χ3v) is 3.16. The van der Waals surface area contributed by atoms with E-state index in [9.17, 15) is 4.79 Å². The van der Waals surface area contributed by atoms with Crippen LogP contribution in [0.3, 0.4) is 0 Å². The zero-order valence-corrected chi connectivity index (χ0v) is 11.7. The van der Waals surface area contributed by atoms with Crippen LogP contribution in [-0.2, 0) is 4.79 Å². The maximum absolute atomic E-state index is 11.8. The molecule has 0 atom stereocenters. The summed E-state index contributed by atoms with van der Waals surface area (Å²) in [4.78, 5) is 14.0. The molecule has 5 heteroatoms. The summed E-state index contributed by atoms with van der Waals surface area (Å²) in [5, 5.41) is 3.50. The number of rotatable bonds is 3. The average molecular weight is 288 g/mol. The van der Waals surface area contributed by atoms with Gasteiger partial charge in [-0.15, -0.1) is 0 Å². The summed E-state index contributed by atoms with van der Waals surface area (Å²) < 4.78 is 0. The van der Waals surface area contributed by atoms with Crippen LogP contribution in [0.5, 0.6) is 0 Å². The van der Waals surface area contributed by atoms with E-state index in [1.165, 1.54) is 19.3 Å². The first kappa shape index (κ1) is 15.3. The molecule has 1 saturated heterocycles. The predicted molar refractivity (Wildman–Crippen MR) is 70.4 cm³/mol. The lowest BCUT2D eigenvalue weighted by atomic mass is 10.1. The summed E-state index contributed by atoms with van der Waals surface area (Å²) in [6, 6.07) is 7.23. The highest BCUT2D eigenvalue weighted by molar-refractivity contribution is 6.30. The van der Waals surface area contributed by atoms with Gasteiger partial charge in [0, 0.05) is 10.7 Å². The van der Waals surface area contributed by atoms with Crippen molar-refractivity contribution < 1.29 is 17.2 Å². The molecule has 0 bridgehead atoms. The standard InChI is InChI=1S/C13H17ClN2O.ClH/c14-11-5-4-6-12(9-11)15-13(17)10-16-7-2-1-3-8-16;/h4-6,9H,1-3,7-8,10H2,(H,15,17);1H/p-1. The molecule has 2 rings (SSSR count). The summed E-state index contributed by atoms with van der Waals surface area (Å²) in [5.41, 5.74) is 0.763. The molecule has 1 aliphatic rings. The number of nitrogens with one attached hydrogen (secondary N) is 1. The van der Waals surface area contributed by atoms with Crippen LogP contribution in [0.1, 0.15) is 19.3 Å². The van der Waals surface area contributed by atoms with Crippen molar-refractivity contribution in [3.05, 3.63) is 29.3 Å². The number of halogens is 2. The van der Waals surface area contributed by atoms with Gasteiger partial charge in [0.1, 0.15) is 0 Å². The maximum Gasteiger partial charge on any atom is 0.238 e. The van der Waals surface area contributed by atoms with Crippen molar-refractivity contribution in [2.75, 3.05) is 25.0 Å². The highest BCUT2D eigenvalue weighted by Crippen LogP contribution is 2.15. The molecule has 1 N–H and O–H groups in total. The molecule has 1 heterocycles. The molecule has 0 aliphatic carbocycles. The van der Waals surface area contributed by atoms with Gasteiger partial charge in [-0.1, -0.05) is 24.1 Å². The molecule has 0 saturated carbocycles. The third-order valence-electron chi connectivity index (χ3n) is 2.92. The highest BCUT2D eigenvalue weighted by Gasteiger charge is 2.13. The Morgan fingerprint density at radius 3 is 2.67 bits per heavy atom. The molecular formula is C13H17Cl2N2O-. The summed E-state index contributed by atoms with van der Waals surface area (Å²) in [7, 11) is 0. The Balaban J connectivity index is 0.00000162. The number of carbonyl (C=O) groups excluding carboxylic acids is 1. The second-order valence-corrected chi connectivity index (χ2v) is 4.83. The molecule has 3 nitrogen and oxygen atoms in total. The van der Waals surface area contributed by atoms with Gasteiger partial charge in [-0.3, -0.25) is 9.69 Å². The van der Waals surface area contributed by atoms with Gasteiger partial charge in [-0.05, 0) is 44.1 Å². The lowest BCUT2D eigenvalue weighted by Gasteiger charge is -2.25. The second kappa shape index (κ2) is 7.62. The summed E-state index contributed by atoms with van der Waals surface area (Å²) >= 11 is 5.86. The van der Waals surface area contributed by atoms with Gasteiger partial charge in [-0.2, -0.15) is 0 Å². The van der Waals surface area contributed by atoms with Crippen LogP contribution in [0.25, 0.3) is 0 Å². The zero-order chi connectivity index (χ0) is 12.1. The van der Waals surface area contributed by atoms with Gasteiger partial charge in [0.25, 0.3) is 0 Å². The number of benzene rings is 1. The largest absolute Gasteiger partial charge is 1.00 e. The van der Waals surface area contributed by atoms with Crippen molar-refractivity contribution in [2.24, 2.45) is 0 Å². The number of likely N-dealkylation sites (tertiary alicyclic amines) is 1. The van der Waals surface area contributed by atoms with Gasteiger partial charge in [0.2, 0.25) is 5.91 Å². The number of piperidine rings is 1. The number of nitrogens with zero attached hydrogens (tertiary/aromatic N) is 1.